The second-order valence-electron chi connectivity index (χ2n) is 6.30. The molecule has 0 spiro atoms. The van der Waals surface area contributed by atoms with Crippen LogP contribution in [0.15, 0.2) is 42.5 Å². The Bertz CT molecular complexity index is 709. The van der Waals surface area contributed by atoms with Crippen molar-refractivity contribution >= 4 is 5.91 Å². The minimum atomic E-state index is -0.535. The summed E-state index contributed by atoms with van der Waals surface area (Å²) in [6.45, 7) is 10.0. The van der Waals surface area contributed by atoms with Crippen LogP contribution >= 0.6 is 0 Å². The number of ether oxygens (including phenoxy) is 1. The molecule has 128 valence electrons. The molecule has 0 heterocycles. The van der Waals surface area contributed by atoms with Crippen LogP contribution in [0.4, 0.5) is 0 Å². The van der Waals surface area contributed by atoms with E-state index >= 15 is 0 Å². The van der Waals surface area contributed by atoms with E-state index < -0.39 is 6.10 Å². The predicted octanol–water partition coefficient (Wildman–Crippen LogP) is 4.51. The smallest absolute Gasteiger partial charge is 0.261 e. The van der Waals surface area contributed by atoms with E-state index in [1.165, 1.54) is 11.1 Å². The van der Waals surface area contributed by atoms with Gasteiger partial charge >= 0.3 is 0 Å². The predicted molar refractivity (Wildman–Crippen MR) is 98.4 cm³/mol. The van der Waals surface area contributed by atoms with Crippen molar-refractivity contribution in [2.45, 2.75) is 53.2 Å². The third-order valence-corrected chi connectivity index (χ3v) is 4.42. The second kappa shape index (κ2) is 8.00. The van der Waals surface area contributed by atoms with Gasteiger partial charge in [0, 0.05) is 0 Å². The Hall–Kier alpha value is -2.29. The molecule has 3 nitrogen and oxygen atoms in total. The van der Waals surface area contributed by atoms with Crippen molar-refractivity contribution in [3.8, 4) is 5.75 Å². The maximum Gasteiger partial charge on any atom is 0.261 e. The van der Waals surface area contributed by atoms with Gasteiger partial charge in [0.25, 0.3) is 5.91 Å². The second-order valence-corrected chi connectivity index (χ2v) is 6.30. The SMILES string of the molecule is CCc1ccccc1O[C@H](C)C(=O)N[C@@H](C)c1ccc(C)c(C)c1. The highest BCUT2D eigenvalue weighted by Gasteiger charge is 2.18. The highest BCUT2D eigenvalue weighted by atomic mass is 16.5. The Kier molecular flexibility index (Phi) is 6.02. The number of para-hydroxylation sites is 1. The van der Waals surface area contributed by atoms with E-state index in [4.69, 9.17) is 4.74 Å². The summed E-state index contributed by atoms with van der Waals surface area (Å²) in [4.78, 5) is 12.4. The molecule has 0 saturated carbocycles. The topological polar surface area (TPSA) is 38.3 Å². The van der Waals surface area contributed by atoms with Crippen molar-refractivity contribution in [1.82, 2.24) is 5.32 Å². The zero-order valence-electron chi connectivity index (χ0n) is 15.2. The van der Waals surface area contributed by atoms with Crippen molar-refractivity contribution in [3.05, 3.63) is 64.7 Å². The van der Waals surface area contributed by atoms with E-state index in [9.17, 15) is 4.79 Å². The first-order chi connectivity index (χ1) is 11.4. The third-order valence-electron chi connectivity index (χ3n) is 4.42. The summed E-state index contributed by atoms with van der Waals surface area (Å²) in [7, 11) is 0. The van der Waals surface area contributed by atoms with Crippen molar-refractivity contribution in [2.75, 3.05) is 0 Å². The van der Waals surface area contributed by atoms with E-state index in [1.54, 1.807) is 6.92 Å². The van der Waals surface area contributed by atoms with E-state index in [1.807, 2.05) is 31.2 Å². The summed E-state index contributed by atoms with van der Waals surface area (Å²) in [5.41, 5.74) is 4.70. The zero-order valence-corrected chi connectivity index (χ0v) is 15.2. The summed E-state index contributed by atoms with van der Waals surface area (Å²) in [6.07, 6.45) is 0.343. The lowest BCUT2D eigenvalue weighted by Crippen LogP contribution is -2.37. The monoisotopic (exact) mass is 325 g/mol. The first-order valence-corrected chi connectivity index (χ1v) is 8.54. The number of carbonyl (C=O) groups excluding carboxylic acids is 1. The number of benzene rings is 2. The molecule has 0 bridgehead atoms. The van der Waals surface area contributed by atoms with Crippen molar-refractivity contribution in [3.63, 3.8) is 0 Å². The molecule has 0 aliphatic carbocycles. The number of aryl methyl sites for hydroxylation is 3. The van der Waals surface area contributed by atoms with Gasteiger partial charge in [0.1, 0.15) is 5.75 Å². The molecule has 1 amide bonds. The maximum atomic E-state index is 12.4. The van der Waals surface area contributed by atoms with Crippen LogP contribution in [0.25, 0.3) is 0 Å². The van der Waals surface area contributed by atoms with E-state index in [0.29, 0.717) is 0 Å². The van der Waals surface area contributed by atoms with Crippen molar-refractivity contribution in [2.24, 2.45) is 0 Å². The Morgan fingerprint density at radius 1 is 1.08 bits per heavy atom. The molecule has 0 saturated heterocycles. The minimum Gasteiger partial charge on any atom is -0.481 e. The summed E-state index contributed by atoms with van der Waals surface area (Å²) >= 11 is 0. The Morgan fingerprint density at radius 3 is 2.46 bits per heavy atom. The molecule has 2 aromatic rings. The molecule has 0 aromatic heterocycles. The number of amides is 1. The molecular formula is C21H27NO2. The van der Waals surface area contributed by atoms with Crippen LogP contribution in [0.5, 0.6) is 5.75 Å². The van der Waals surface area contributed by atoms with Gasteiger partial charge in [-0.05, 0) is 62.4 Å². The van der Waals surface area contributed by atoms with Gasteiger partial charge in [-0.1, -0.05) is 43.3 Å². The fourth-order valence-corrected chi connectivity index (χ4v) is 2.60. The molecule has 2 rings (SSSR count). The third kappa shape index (κ3) is 4.38. The summed E-state index contributed by atoms with van der Waals surface area (Å²) < 4.78 is 5.87. The van der Waals surface area contributed by atoms with Gasteiger partial charge in [-0.25, -0.2) is 0 Å². The molecular weight excluding hydrogens is 298 g/mol. The number of hydrogen-bond acceptors (Lipinski definition) is 2. The summed E-state index contributed by atoms with van der Waals surface area (Å²) in [6, 6.07) is 14.1. The lowest BCUT2D eigenvalue weighted by molar-refractivity contribution is -0.127. The van der Waals surface area contributed by atoms with Gasteiger partial charge in [0.15, 0.2) is 6.10 Å². The van der Waals surface area contributed by atoms with Crippen LogP contribution in [-0.2, 0) is 11.2 Å². The van der Waals surface area contributed by atoms with Crippen LogP contribution in [0.2, 0.25) is 0 Å². The number of hydrogen-bond donors (Lipinski definition) is 1. The molecule has 0 fully saturated rings. The van der Waals surface area contributed by atoms with Crippen LogP contribution in [0.1, 0.15) is 49.1 Å². The molecule has 0 aliphatic heterocycles. The van der Waals surface area contributed by atoms with Crippen LogP contribution < -0.4 is 10.1 Å². The van der Waals surface area contributed by atoms with Crippen molar-refractivity contribution in [1.29, 1.82) is 0 Å². The highest BCUT2D eigenvalue weighted by molar-refractivity contribution is 5.81. The molecule has 1 N–H and O–H groups in total. The molecule has 24 heavy (non-hydrogen) atoms. The van der Waals surface area contributed by atoms with Gasteiger partial charge in [-0.15, -0.1) is 0 Å². The Labute approximate surface area is 145 Å². The maximum absolute atomic E-state index is 12.4. The number of carbonyl (C=O) groups is 1. The number of nitrogens with one attached hydrogen (secondary N) is 1. The van der Waals surface area contributed by atoms with Gasteiger partial charge in [-0.3, -0.25) is 4.79 Å². The molecule has 2 atom stereocenters. The Morgan fingerprint density at radius 2 is 1.79 bits per heavy atom. The van der Waals surface area contributed by atoms with E-state index in [2.05, 4.69) is 44.3 Å². The van der Waals surface area contributed by atoms with E-state index in [0.717, 1.165) is 23.3 Å². The van der Waals surface area contributed by atoms with Crippen LogP contribution in [0, 0.1) is 13.8 Å². The first-order valence-electron chi connectivity index (χ1n) is 8.54. The van der Waals surface area contributed by atoms with Crippen LogP contribution in [-0.4, -0.2) is 12.0 Å². The van der Waals surface area contributed by atoms with E-state index in [-0.39, 0.29) is 11.9 Å². The molecule has 0 aliphatic rings. The quantitative estimate of drug-likeness (QED) is 0.848. The first kappa shape index (κ1) is 18.1. The average molecular weight is 325 g/mol. The van der Waals surface area contributed by atoms with Gasteiger partial charge in [-0.2, -0.15) is 0 Å². The van der Waals surface area contributed by atoms with Gasteiger partial charge in [0.2, 0.25) is 0 Å². The summed E-state index contributed by atoms with van der Waals surface area (Å²) in [5, 5.41) is 3.04. The summed E-state index contributed by atoms with van der Waals surface area (Å²) in [5.74, 6) is 0.674. The van der Waals surface area contributed by atoms with Gasteiger partial charge in [0.05, 0.1) is 6.04 Å². The number of rotatable bonds is 6. The standard InChI is InChI=1S/C21H27NO2/c1-6-18-9-7-8-10-20(18)24-17(5)21(23)22-16(4)19-12-11-14(2)15(3)13-19/h7-13,16-17H,6H2,1-5H3,(H,22,23)/t16-,17+/m0/s1. The molecule has 2 aromatic carbocycles. The average Bonchev–Trinajstić information content (AvgIpc) is 2.57. The minimum absolute atomic E-state index is 0.0516. The van der Waals surface area contributed by atoms with Crippen LogP contribution in [0.3, 0.4) is 0 Å². The Balaban J connectivity index is 2.01. The molecule has 3 heteroatoms. The highest BCUT2D eigenvalue weighted by Crippen LogP contribution is 2.21. The lowest BCUT2D eigenvalue weighted by Gasteiger charge is -2.20. The zero-order chi connectivity index (χ0) is 17.7. The van der Waals surface area contributed by atoms with Crippen molar-refractivity contribution < 1.29 is 9.53 Å². The van der Waals surface area contributed by atoms with Gasteiger partial charge < -0.3 is 10.1 Å². The molecule has 0 unspecified atom stereocenters. The fourth-order valence-electron chi connectivity index (χ4n) is 2.60. The lowest BCUT2D eigenvalue weighted by atomic mass is 10.0. The fraction of sp³-hybridized carbons (Fsp3) is 0.381. The normalized spacial score (nSPS) is 13.2. The largest absolute Gasteiger partial charge is 0.481 e. The molecule has 0 radical (unpaired) electrons.